The van der Waals surface area contributed by atoms with Gasteiger partial charge in [-0.1, -0.05) is 0 Å². The Morgan fingerprint density at radius 2 is 2.33 bits per heavy atom. The highest BCUT2D eigenvalue weighted by atomic mass is 127. The van der Waals surface area contributed by atoms with Gasteiger partial charge in [0.2, 0.25) is 0 Å². The molecule has 1 aromatic heterocycles. The Kier molecular flexibility index (Phi) is 3.73. The third-order valence-corrected chi connectivity index (χ3v) is 3.84. The second kappa shape index (κ2) is 4.88. The zero-order valence-corrected chi connectivity index (χ0v) is 12.1. The first kappa shape index (κ1) is 11.5. The Hall–Kier alpha value is -0.0100. The number of rotatable bonds is 3. The van der Waals surface area contributed by atoms with E-state index in [0.29, 0.717) is 0 Å². The maximum Gasteiger partial charge on any atom is 0.178 e. The molecular weight excluding hydrogens is 339 g/mol. The summed E-state index contributed by atoms with van der Waals surface area (Å²) in [5, 5.41) is 0. The number of hydrogen-bond donors (Lipinski definition) is 1. The number of aromatic nitrogens is 2. The van der Waals surface area contributed by atoms with Crippen LogP contribution in [0.1, 0.15) is 0 Å². The van der Waals surface area contributed by atoms with Gasteiger partial charge in [-0.3, -0.25) is 0 Å². The summed E-state index contributed by atoms with van der Waals surface area (Å²) < 4.78 is 4.21. The summed E-state index contributed by atoms with van der Waals surface area (Å²) >= 11 is 9.45. The van der Waals surface area contributed by atoms with Crippen molar-refractivity contribution >= 4 is 57.6 Å². The summed E-state index contributed by atoms with van der Waals surface area (Å²) in [6.07, 6.45) is 2.11. The van der Waals surface area contributed by atoms with Crippen molar-refractivity contribution in [2.45, 2.75) is 6.54 Å². The number of aryl methyl sites for hydroxylation is 1. The number of halogens is 1. The van der Waals surface area contributed by atoms with Gasteiger partial charge in [0, 0.05) is 15.9 Å². The van der Waals surface area contributed by atoms with E-state index in [9.17, 15) is 0 Å². The van der Waals surface area contributed by atoms with Crippen LogP contribution in [0.4, 0.5) is 0 Å². The minimum absolute atomic E-state index is 0.820. The monoisotopic (exact) mass is 350 g/mol. The first-order valence-electron chi connectivity index (χ1n) is 4.59. The minimum atomic E-state index is 0.820. The standard InChI is InChI=1S/C10H11IN2S2/c1-15-5-4-13-9-3-2-7(11)6-8(9)12-10(13)14/h2-3,6H,4-5H2,1H3,(H,12,14). The Labute approximate surface area is 112 Å². The first-order valence-corrected chi connectivity index (χ1v) is 7.47. The molecule has 0 bridgehead atoms. The van der Waals surface area contributed by atoms with Crippen molar-refractivity contribution in [1.82, 2.24) is 9.55 Å². The fourth-order valence-electron chi connectivity index (χ4n) is 1.54. The third-order valence-electron chi connectivity index (χ3n) is 2.26. The molecule has 5 heteroatoms. The molecule has 2 nitrogen and oxygen atoms in total. The maximum atomic E-state index is 5.31. The summed E-state index contributed by atoms with van der Waals surface area (Å²) in [6.45, 7) is 0.973. The van der Waals surface area contributed by atoms with Gasteiger partial charge < -0.3 is 9.55 Å². The fourth-order valence-corrected chi connectivity index (χ4v) is 2.70. The molecular formula is C10H11IN2S2. The number of H-pyrrole nitrogens is 1. The van der Waals surface area contributed by atoms with Crippen LogP contribution >= 0.6 is 46.6 Å². The van der Waals surface area contributed by atoms with Crippen LogP contribution in [-0.2, 0) is 6.54 Å². The molecule has 0 radical (unpaired) electrons. The summed E-state index contributed by atoms with van der Waals surface area (Å²) in [5.41, 5.74) is 2.34. The summed E-state index contributed by atoms with van der Waals surface area (Å²) in [6, 6.07) is 6.37. The van der Waals surface area contributed by atoms with Crippen molar-refractivity contribution in [2.75, 3.05) is 12.0 Å². The van der Waals surface area contributed by atoms with E-state index in [1.807, 2.05) is 11.8 Å². The van der Waals surface area contributed by atoms with Crippen LogP contribution in [0.3, 0.4) is 0 Å². The lowest BCUT2D eigenvalue weighted by molar-refractivity contribution is 0.784. The van der Waals surface area contributed by atoms with Crippen molar-refractivity contribution < 1.29 is 0 Å². The lowest BCUT2D eigenvalue weighted by Gasteiger charge is -2.02. The average molecular weight is 350 g/mol. The molecule has 0 aliphatic rings. The second-order valence-corrected chi connectivity index (χ2v) is 5.85. The molecule has 1 heterocycles. The molecule has 0 aliphatic carbocycles. The van der Waals surface area contributed by atoms with Gasteiger partial charge in [0.1, 0.15) is 0 Å². The van der Waals surface area contributed by atoms with Gasteiger partial charge in [0.25, 0.3) is 0 Å². The minimum Gasteiger partial charge on any atom is -0.331 e. The molecule has 0 saturated carbocycles. The molecule has 80 valence electrons. The van der Waals surface area contributed by atoms with Gasteiger partial charge in [0.15, 0.2) is 4.77 Å². The predicted octanol–water partition coefficient (Wildman–Crippen LogP) is 3.67. The lowest BCUT2D eigenvalue weighted by Crippen LogP contribution is -1.99. The molecule has 2 rings (SSSR count). The Balaban J connectivity index is 2.53. The summed E-state index contributed by atoms with van der Waals surface area (Å²) in [4.78, 5) is 3.24. The number of nitrogens with one attached hydrogen (secondary N) is 1. The largest absolute Gasteiger partial charge is 0.331 e. The van der Waals surface area contributed by atoms with E-state index < -0.39 is 0 Å². The van der Waals surface area contributed by atoms with E-state index in [4.69, 9.17) is 12.2 Å². The molecule has 0 saturated heterocycles. The van der Waals surface area contributed by atoms with Crippen molar-refractivity contribution in [3.8, 4) is 0 Å². The highest BCUT2D eigenvalue weighted by molar-refractivity contribution is 14.1. The maximum absolute atomic E-state index is 5.31. The molecule has 0 atom stereocenters. The number of fused-ring (bicyclic) bond motifs is 1. The number of benzene rings is 1. The SMILES string of the molecule is CSCCn1c(=S)[nH]c2cc(I)ccc21. The van der Waals surface area contributed by atoms with E-state index in [2.05, 4.69) is 56.6 Å². The van der Waals surface area contributed by atoms with Gasteiger partial charge in [-0.15, -0.1) is 0 Å². The van der Waals surface area contributed by atoms with Gasteiger partial charge >= 0.3 is 0 Å². The molecule has 0 fully saturated rings. The van der Waals surface area contributed by atoms with E-state index >= 15 is 0 Å². The van der Waals surface area contributed by atoms with Gasteiger partial charge in [0.05, 0.1) is 11.0 Å². The van der Waals surface area contributed by atoms with Crippen molar-refractivity contribution in [3.63, 3.8) is 0 Å². The molecule has 0 spiro atoms. The van der Waals surface area contributed by atoms with E-state index in [0.717, 1.165) is 22.6 Å². The highest BCUT2D eigenvalue weighted by Gasteiger charge is 2.03. The summed E-state index contributed by atoms with van der Waals surface area (Å²) in [7, 11) is 0. The van der Waals surface area contributed by atoms with Gasteiger partial charge in [-0.2, -0.15) is 11.8 Å². The molecule has 1 N–H and O–H groups in total. The number of imidazole rings is 1. The van der Waals surface area contributed by atoms with Crippen LogP contribution in [0.25, 0.3) is 11.0 Å². The summed E-state index contributed by atoms with van der Waals surface area (Å²) in [5.74, 6) is 1.09. The number of thioether (sulfide) groups is 1. The van der Waals surface area contributed by atoms with Crippen LogP contribution in [0, 0.1) is 8.34 Å². The molecule has 0 aliphatic heterocycles. The average Bonchev–Trinajstić information content (AvgIpc) is 2.50. The molecule has 15 heavy (non-hydrogen) atoms. The van der Waals surface area contributed by atoms with Crippen LogP contribution < -0.4 is 0 Å². The fraction of sp³-hybridized carbons (Fsp3) is 0.300. The van der Waals surface area contributed by atoms with Crippen LogP contribution in [0.15, 0.2) is 18.2 Å². The number of hydrogen-bond acceptors (Lipinski definition) is 2. The zero-order valence-electron chi connectivity index (χ0n) is 8.29. The van der Waals surface area contributed by atoms with Gasteiger partial charge in [-0.25, -0.2) is 0 Å². The lowest BCUT2D eigenvalue weighted by atomic mass is 10.3. The van der Waals surface area contributed by atoms with Crippen LogP contribution in [0.5, 0.6) is 0 Å². The zero-order chi connectivity index (χ0) is 10.8. The Bertz CT molecular complexity index is 530. The Morgan fingerprint density at radius 3 is 3.07 bits per heavy atom. The molecule has 2 aromatic rings. The predicted molar refractivity (Wildman–Crippen MR) is 78.2 cm³/mol. The number of aromatic amines is 1. The van der Waals surface area contributed by atoms with Crippen LogP contribution in [0.2, 0.25) is 0 Å². The van der Waals surface area contributed by atoms with Crippen molar-refractivity contribution in [3.05, 3.63) is 26.5 Å². The second-order valence-electron chi connectivity index (χ2n) is 3.24. The van der Waals surface area contributed by atoms with E-state index in [1.54, 1.807) is 0 Å². The van der Waals surface area contributed by atoms with Gasteiger partial charge in [-0.05, 0) is 59.3 Å². The van der Waals surface area contributed by atoms with Crippen molar-refractivity contribution in [1.29, 1.82) is 0 Å². The highest BCUT2D eigenvalue weighted by Crippen LogP contribution is 2.17. The Morgan fingerprint density at radius 1 is 1.53 bits per heavy atom. The normalized spacial score (nSPS) is 11.1. The molecule has 0 amide bonds. The third kappa shape index (κ3) is 2.39. The first-order chi connectivity index (χ1) is 7.22. The smallest absolute Gasteiger partial charge is 0.178 e. The van der Waals surface area contributed by atoms with Crippen molar-refractivity contribution in [2.24, 2.45) is 0 Å². The molecule has 0 unspecified atom stereocenters. The number of nitrogens with zero attached hydrogens (tertiary/aromatic N) is 1. The topological polar surface area (TPSA) is 20.7 Å². The van der Waals surface area contributed by atoms with Crippen LogP contribution in [-0.4, -0.2) is 21.6 Å². The van der Waals surface area contributed by atoms with E-state index in [1.165, 1.54) is 9.09 Å². The van der Waals surface area contributed by atoms with E-state index in [-0.39, 0.29) is 0 Å². The molecule has 1 aromatic carbocycles. The quantitative estimate of drug-likeness (QED) is 0.674.